The quantitative estimate of drug-likeness (QED) is 0.455. The van der Waals surface area contributed by atoms with Gasteiger partial charge in [0, 0.05) is 38.3 Å². The number of nitrogens with one attached hydrogen (secondary N) is 1. The van der Waals surface area contributed by atoms with E-state index < -0.39 is 14.9 Å². The smallest absolute Gasteiger partial charge is 0.363 e. The number of rotatable bonds is 5. The SMILES string of the molecule is O=c1ccc(-c2ccc(S(=O)(=O)N3CCN(c4ccc([N+](=O)[O-])nc4)CC3)s2)n[nH]1. The molecule has 0 radical (unpaired) electrons. The summed E-state index contributed by atoms with van der Waals surface area (Å²) in [6.45, 7) is 1.45. The van der Waals surface area contributed by atoms with Crippen molar-refractivity contribution in [3.05, 3.63) is 63.1 Å². The van der Waals surface area contributed by atoms with E-state index in [4.69, 9.17) is 0 Å². The number of sulfonamides is 1. The van der Waals surface area contributed by atoms with Crippen molar-refractivity contribution >= 4 is 32.9 Å². The molecule has 3 aromatic rings. The molecule has 0 aliphatic carbocycles. The maximum atomic E-state index is 13.0. The fourth-order valence-electron chi connectivity index (χ4n) is 3.07. The molecule has 13 heteroatoms. The van der Waals surface area contributed by atoms with Crippen LogP contribution in [0.4, 0.5) is 11.5 Å². The van der Waals surface area contributed by atoms with Gasteiger partial charge in [0.15, 0.2) is 6.20 Å². The van der Waals surface area contributed by atoms with Crippen LogP contribution in [0.5, 0.6) is 0 Å². The minimum atomic E-state index is -3.66. The van der Waals surface area contributed by atoms with Crippen molar-refractivity contribution < 1.29 is 13.3 Å². The summed E-state index contributed by atoms with van der Waals surface area (Å²) in [6, 6.07) is 9.01. The summed E-state index contributed by atoms with van der Waals surface area (Å²) in [5.74, 6) is -0.231. The van der Waals surface area contributed by atoms with E-state index in [9.17, 15) is 23.3 Å². The second-order valence-electron chi connectivity index (χ2n) is 6.45. The summed E-state index contributed by atoms with van der Waals surface area (Å²) in [6.07, 6.45) is 1.42. The van der Waals surface area contributed by atoms with E-state index in [1.807, 2.05) is 4.90 Å². The van der Waals surface area contributed by atoms with Gasteiger partial charge in [-0.15, -0.1) is 11.3 Å². The Morgan fingerprint density at radius 1 is 1.07 bits per heavy atom. The maximum Gasteiger partial charge on any atom is 0.363 e. The Morgan fingerprint density at radius 2 is 1.83 bits per heavy atom. The molecule has 0 aromatic carbocycles. The number of aromatic amines is 1. The second kappa shape index (κ2) is 7.93. The van der Waals surface area contributed by atoms with Crippen molar-refractivity contribution in [2.45, 2.75) is 4.21 Å². The summed E-state index contributed by atoms with van der Waals surface area (Å²) in [5.41, 5.74) is 0.876. The maximum absolute atomic E-state index is 13.0. The van der Waals surface area contributed by atoms with Crippen LogP contribution in [0.2, 0.25) is 0 Å². The first-order valence-corrected chi connectivity index (χ1v) is 11.1. The number of anilines is 1. The first-order chi connectivity index (χ1) is 14.3. The lowest BCUT2D eigenvalue weighted by Gasteiger charge is -2.34. The average molecular weight is 448 g/mol. The summed E-state index contributed by atoms with van der Waals surface area (Å²) in [5, 5.41) is 17.0. The van der Waals surface area contributed by atoms with E-state index in [0.29, 0.717) is 29.3 Å². The minimum absolute atomic E-state index is 0.205. The van der Waals surface area contributed by atoms with E-state index in [1.165, 1.54) is 34.8 Å². The van der Waals surface area contributed by atoms with Gasteiger partial charge in [0.2, 0.25) is 0 Å². The molecule has 0 unspecified atom stereocenters. The third-order valence-corrected chi connectivity index (χ3v) is 8.10. The number of nitrogens with zero attached hydrogens (tertiary/aromatic N) is 5. The lowest BCUT2D eigenvalue weighted by molar-refractivity contribution is -0.389. The van der Waals surface area contributed by atoms with Gasteiger partial charge >= 0.3 is 5.82 Å². The highest BCUT2D eigenvalue weighted by molar-refractivity contribution is 7.91. The normalized spacial score (nSPS) is 15.3. The number of piperazine rings is 1. The van der Waals surface area contributed by atoms with Crippen molar-refractivity contribution in [3.8, 4) is 10.6 Å². The number of thiophene rings is 1. The Morgan fingerprint density at radius 3 is 2.43 bits per heavy atom. The molecule has 4 rings (SSSR count). The zero-order valence-electron chi connectivity index (χ0n) is 15.5. The average Bonchev–Trinajstić information content (AvgIpc) is 3.26. The molecule has 1 aliphatic heterocycles. The monoisotopic (exact) mass is 448 g/mol. The van der Waals surface area contributed by atoms with Crippen LogP contribution in [0.15, 0.2) is 51.6 Å². The highest BCUT2D eigenvalue weighted by atomic mass is 32.2. The molecular formula is C17H16N6O5S2. The van der Waals surface area contributed by atoms with E-state index in [2.05, 4.69) is 15.2 Å². The van der Waals surface area contributed by atoms with Crippen molar-refractivity contribution in [1.29, 1.82) is 0 Å². The van der Waals surface area contributed by atoms with Gasteiger partial charge in [-0.3, -0.25) is 4.79 Å². The first-order valence-electron chi connectivity index (χ1n) is 8.86. The number of pyridine rings is 1. The lowest BCUT2D eigenvalue weighted by Crippen LogP contribution is -2.48. The van der Waals surface area contributed by atoms with E-state index >= 15 is 0 Å². The molecule has 0 saturated carbocycles. The predicted octanol–water partition coefficient (Wildman–Crippen LogP) is 1.31. The Kier molecular flexibility index (Phi) is 5.32. The Bertz CT molecular complexity index is 1210. The van der Waals surface area contributed by atoms with Gasteiger partial charge in [0.25, 0.3) is 15.6 Å². The van der Waals surface area contributed by atoms with Gasteiger partial charge in [0.1, 0.15) is 9.90 Å². The Balaban J connectivity index is 1.45. The molecule has 1 aliphatic rings. The number of aromatic nitrogens is 3. The van der Waals surface area contributed by atoms with E-state index in [1.54, 1.807) is 12.1 Å². The minimum Gasteiger partial charge on any atom is -0.366 e. The number of hydrogen-bond donors (Lipinski definition) is 1. The molecule has 1 fully saturated rings. The molecular weight excluding hydrogens is 432 g/mol. The number of nitro groups is 1. The molecule has 30 heavy (non-hydrogen) atoms. The molecule has 0 spiro atoms. The van der Waals surface area contributed by atoms with Crippen LogP contribution >= 0.6 is 11.3 Å². The third-order valence-electron chi connectivity index (χ3n) is 4.63. The molecule has 3 aromatic heterocycles. The molecule has 0 amide bonds. The Hall–Kier alpha value is -3.16. The van der Waals surface area contributed by atoms with Gasteiger partial charge in [-0.1, -0.05) is 0 Å². The van der Waals surface area contributed by atoms with Crippen LogP contribution in [0, 0.1) is 10.1 Å². The zero-order valence-corrected chi connectivity index (χ0v) is 17.1. The van der Waals surface area contributed by atoms with Crippen LogP contribution in [0.25, 0.3) is 10.6 Å². The summed E-state index contributed by atoms with van der Waals surface area (Å²) in [7, 11) is -3.66. The summed E-state index contributed by atoms with van der Waals surface area (Å²) < 4.78 is 27.6. The largest absolute Gasteiger partial charge is 0.366 e. The fourth-order valence-corrected chi connectivity index (χ4v) is 5.92. The van der Waals surface area contributed by atoms with Crippen molar-refractivity contribution in [2.75, 3.05) is 31.1 Å². The molecule has 0 bridgehead atoms. The number of hydrogen-bond acceptors (Lipinski definition) is 9. The van der Waals surface area contributed by atoms with Crippen molar-refractivity contribution in [2.24, 2.45) is 0 Å². The van der Waals surface area contributed by atoms with Crippen molar-refractivity contribution in [1.82, 2.24) is 19.5 Å². The van der Waals surface area contributed by atoms with Crippen LogP contribution in [0.3, 0.4) is 0 Å². The molecule has 1 saturated heterocycles. The third kappa shape index (κ3) is 3.94. The van der Waals surface area contributed by atoms with Crippen LogP contribution in [-0.2, 0) is 10.0 Å². The molecule has 156 valence electrons. The molecule has 11 nitrogen and oxygen atoms in total. The van der Waals surface area contributed by atoms with Gasteiger partial charge < -0.3 is 15.0 Å². The van der Waals surface area contributed by atoms with Gasteiger partial charge in [-0.05, 0) is 34.2 Å². The standard InChI is InChI=1S/C17H16N6O5S2/c24-16-5-2-13(19-20-16)14-3-6-17(29-14)30(27,28)22-9-7-21(8-10-22)12-1-4-15(18-11-12)23(25)26/h1-6,11H,7-10H2,(H,20,24). The lowest BCUT2D eigenvalue weighted by atomic mass is 10.3. The van der Waals surface area contributed by atoms with Gasteiger partial charge in [-0.25, -0.2) is 13.5 Å². The summed E-state index contributed by atoms with van der Waals surface area (Å²) in [4.78, 5) is 27.7. The van der Waals surface area contributed by atoms with Gasteiger partial charge in [0.05, 0.1) is 10.6 Å². The molecule has 4 heterocycles. The van der Waals surface area contributed by atoms with E-state index in [-0.39, 0.29) is 28.7 Å². The van der Waals surface area contributed by atoms with Crippen LogP contribution in [-0.4, -0.2) is 59.0 Å². The van der Waals surface area contributed by atoms with Crippen LogP contribution in [0.1, 0.15) is 0 Å². The van der Waals surface area contributed by atoms with Gasteiger partial charge in [-0.2, -0.15) is 9.40 Å². The topological polar surface area (TPSA) is 142 Å². The second-order valence-corrected chi connectivity index (χ2v) is 9.70. The summed E-state index contributed by atoms with van der Waals surface area (Å²) >= 11 is 1.09. The molecule has 1 N–H and O–H groups in total. The predicted molar refractivity (Wildman–Crippen MR) is 110 cm³/mol. The highest BCUT2D eigenvalue weighted by Gasteiger charge is 2.30. The Labute approximate surface area is 174 Å². The zero-order chi connectivity index (χ0) is 21.3. The van der Waals surface area contributed by atoms with Crippen molar-refractivity contribution in [3.63, 3.8) is 0 Å². The fraction of sp³-hybridized carbons (Fsp3) is 0.235. The number of H-pyrrole nitrogens is 1. The van der Waals surface area contributed by atoms with E-state index in [0.717, 1.165) is 11.3 Å². The first kappa shape index (κ1) is 20.1. The molecule has 0 atom stereocenters. The highest BCUT2D eigenvalue weighted by Crippen LogP contribution is 2.31. The van der Waals surface area contributed by atoms with Crippen LogP contribution < -0.4 is 10.5 Å².